The lowest BCUT2D eigenvalue weighted by Crippen LogP contribution is -2.39. The van der Waals surface area contributed by atoms with E-state index in [0.717, 1.165) is 69.8 Å². The SMILES string of the molecule is CCNC(=NCc1cccc(OCCN2CCOCC2)c1)NCCOCC. The first kappa shape index (κ1) is 21.5. The zero-order valence-corrected chi connectivity index (χ0v) is 16.7. The number of aliphatic imine (C=N–C) groups is 1. The summed E-state index contributed by atoms with van der Waals surface area (Å²) >= 11 is 0. The number of benzene rings is 1. The van der Waals surface area contributed by atoms with Crippen molar-refractivity contribution >= 4 is 5.96 Å². The first-order chi connectivity index (χ1) is 13.3. The molecule has 7 nitrogen and oxygen atoms in total. The van der Waals surface area contributed by atoms with Crippen LogP contribution >= 0.6 is 0 Å². The van der Waals surface area contributed by atoms with E-state index in [0.29, 0.717) is 19.8 Å². The molecular weight excluding hydrogens is 344 g/mol. The molecule has 0 aromatic heterocycles. The van der Waals surface area contributed by atoms with Crippen molar-refractivity contribution in [2.75, 3.05) is 65.8 Å². The summed E-state index contributed by atoms with van der Waals surface area (Å²) in [6.45, 7) is 12.9. The van der Waals surface area contributed by atoms with Gasteiger partial charge in [-0.2, -0.15) is 0 Å². The number of guanidine groups is 1. The molecule has 0 radical (unpaired) electrons. The summed E-state index contributed by atoms with van der Waals surface area (Å²) in [7, 11) is 0. The number of rotatable bonds is 11. The standard InChI is InChI=1S/C20H34N4O3/c1-3-21-20(22-8-12-25-4-2)23-17-18-6-5-7-19(16-18)27-15-11-24-9-13-26-14-10-24/h5-7,16H,3-4,8-15,17H2,1-2H3,(H2,21,22,23). The van der Waals surface area contributed by atoms with E-state index in [1.54, 1.807) is 0 Å². The first-order valence-electron chi connectivity index (χ1n) is 9.93. The largest absolute Gasteiger partial charge is 0.492 e. The number of nitrogens with zero attached hydrogens (tertiary/aromatic N) is 2. The molecule has 1 aliphatic rings. The summed E-state index contributed by atoms with van der Waals surface area (Å²) in [5.41, 5.74) is 1.13. The van der Waals surface area contributed by atoms with Crippen molar-refractivity contribution in [2.45, 2.75) is 20.4 Å². The molecule has 1 aliphatic heterocycles. The molecule has 1 heterocycles. The molecule has 27 heavy (non-hydrogen) atoms. The van der Waals surface area contributed by atoms with Crippen molar-refractivity contribution in [3.8, 4) is 5.75 Å². The van der Waals surface area contributed by atoms with Crippen LogP contribution in [0.5, 0.6) is 5.75 Å². The molecule has 1 aromatic rings. The Bertz CT molecular complexity index is 548. The molecule has 0 spiro atoms. The summed E-state index contributed by atoms with van der Waals surface area (Å²) in [6.07, 6.45) is 0. The number of morpholine rings is 1. The van der Waals surface area contributed by atoms with Crippen LogP contribution in [0, 0.1) is 0 Å². The summed E-state index contributed by atoms with van der Waals surface area (Å²) < 4.78 is 16.6. The molecule has 0 aliphatic carbocycles. The second kappa shape index (κ2) is 13.4. The van der Waals surface area contributed by atoms with Gasteiger partial charge < -0.3 is 24.8 Å². The molecule has 0 saturated carbocycles. The highest BCUT2D eigenvalue weighted by Gasteiger charge is 2.09. The van der Waals surface area contributed by atoms with Gasteiger partial charge in [-0.3, -0.25) is 4.90 Å². The van der Waals surface area contributed by atoms with Crippen molar-refractivity contribution in [3.05, 3.63) is 29.8 Å². The number of nitrogens with one attached hydrogen (secondary N) is 2. The van der Waals surface area contributed by atoms with Gasteiger partial charge in [0.05, 0.1) is 26.4 Å². The van der Waals surface area contributed by atoms with Gasteiger partial charge in [-0.1, -0.05) is 12.1 Å². The molecule has 1 aromatic carbocycles. The van der Waals surface area contributed by atoms with Gasteiger partial charge >= 0.3 is 0 Å². The summed E-state index contributed by atoms with van der Waals surface area (Å²) in [5.74, 6) is 1.70. The van der Waals surface area contributed by atoms with Crippen molar-refractivity contribution in [2.24, 2.45) is 4.99 Å². The number of hydrogen-bond acceptors (Lipinski definition) is 5. The topological polar surface area (TPSA) is 67.4 Å². The Balaban J connectivity index is 1.78. The smallest absolute Gasteiger partial charge is 0.191 e. The monoisotopic (exact) mass is 378 g/mol. The van der Waals surface area contributed by atoms with Crippen molar-refractivity contribution < 1.29 is 14.2 Å². The second-order valence-corrected chi connectivity index (χ2v) is 6.27. The molecule has 0 amide bonds. The Morgan fingerprint density at radius 2 is 2.04 bits per heavy atom. The van der Waals surface area contributed by atoms with Crippen molar-refractivity contribution in [1.29, 1.82) is 0 Å². The molecule has 0 bridgehead atoms. The van der Waals surface area contributed by atoms with Crippen LogP contribution in [0.3, 0.4) is 0 Å². The molecule has 0 unspecified atom stereocenters. The minimum atomic E-state index is 0.602. The highest BCUT2D eigenvalue weighted by atomic mass is 16.5. The molecule has 2 rings (SSSR count). The van der Waals surface area contributed by atoms with Gasteiger partial charge in [0, 0.05) is 39.3 Å². The lowest BCUT2D eigenvalue weighted by atomic mass is 10.2. The Morgan fingerprint density at radius 3 is 2.81 bits per heavy atom. The summed E-state index contributed by atoms with van der Waals surface area (Å²) in [6, 6.07) is 8.15. The highest BCUT2D eigenvalue weighted by molar-refractivity contribution is 5.79. The van der Waals surface area contributed by atoms with Crippen LogP contribution in [0.25, 0.3) is 0 Å². The molecule has 7 heteroatoms. The van der Waals surface area contributed by atoms with E-state index in [1.165, 1.54) is 0 Å². The lowest BCUT2D eigenvalue weighted by Gasteiger charge is -2.26. The van der Waals surface area contributed by atoms with Crippen LogP contribution in [0.15, 0.2) is 29.3 Å². The molecule has 152 valence electrons. The van der Waals surface area contributed by atoms with E-state index in [1.807, 2.05) is 19.1 Å². The Morgan fingerprint density at radius 1 is 1.19 bits per heavy atom. The fourth-order valence-electron chi connectivity index (χ4n) is 2.75. The Kier molecular flexibility index (Phi) is 10.6. The quantitative estimate of drug-likeness (QED) is 0.345. The van der Waals surface area contributed by atoms with E-state index >= 15 is 0 Å². The molecule has 2 N–H and O–H groups in total. The average Bonchev–Trinajstić information content (AvgIpc) is 2.70. The van der Waals surface area contributed by atoms with Gasteiger partial charge in [-0.25, -0.2) is 4.99 Å². The minimum Gasteiger partial charge on any atom is -0.492 e. The van der Waals surface area contributed by atoms with Crippen LogP contribution in [-0.4, -0.2) is 76.6 Å². The average molecular weight is 379 g/mol. The van der Waals surface area contributed by atoms with Crippen LogP contribution in [0.2, 0.25) is 0 Å². The third kappa shape index (κ3) is 9.08. The zero-order valence-electron chi connectivity index (χ0n) is 16.7. The van der Waals surface area contributed by atoms with Crippen molar-refractivity contribution in [3.63, 3.8) is 0 Å². The molecule has 0 atom stereocenters. The lowest BCUT2D eigenvalue weighted by molar-refractivity contribution is 0.0322. The molecule has 1 fully saturated rings. The predicted octanol–water partition coefficient (Wildman–Crippen LogP) is 1.49. The fourth-order valence-corrected chi connectivity index (χ4v) is 2.75. The Labute approximate surface area is 163 Å². The van der Waals surface area contributed by atoms with E-state index < -0.39 is 0 Å². The van der Waals surface area contributed by atoms with Crippen molar-refractivity contribution in [1.82, 2.24) is 15.5 Å². The van der Waals surface area contributed by atoms with Gasteiger partial charge in [0.15, 0.2) is 5.96 Å². The summed E-state index contributed by atoms with van der Waals surface area (Å²) in [5, 5.41) is 6.53. The maximum Gasteiger partial charge on any atom is 0.191 e. The maximum absolute atomic E-state index is 5.92. The zero-order chi connectivity index (χ0) is 19.2. The van der Waals surface area contributed by atoms with Gasteiger partial charge in [0.25, 0.3) is 0 Å². The van der Waals surface area contributed by atoms with E-state index in [-0.39, 0.29) is 0 Å². The van der Waals surface area contributed by atoms with Gasteiger partial charge in [0.1, 0.15) is 12.4 Å². The van der Waals surface area contributed by atoms with Gasteiger partial charge in [0.2, 0.25) is 0 Å². The third-order valence-electron chi connectivity index (χ3n) is 4.19. The van der Waals surface area contributed by atoms with Crippen LogP contribution in [0.4, 0.5) is 0 Å². The first-order valence-corrected chi connectivity index (χ1v) is 9.93. The van der Waals surface area contributed by atoms with Gasteiger partial charge in [-0.05, 0) is 31.5 Å². The van der Waals surface area contributed by atoms with Crippen LogP contribution in [0.1, 0.15) is 19.4 Å². The third-order valence-corrected chi connectivity index (χ3v) is 4.19. The second-order valence-electron chi connectivity index (χ2n) is 6.27. The van der Waals surface area contributed by atoms with E-state index in [2.05, 4.69) is 39.6 Å². The van der Waals surface area contributed by atoms with Crippen LogP contribution in [-0.2, 0) is 16.0 Å². The minimum absolute atomic E-state index is 0.602. The van der Waals surface area contributed by atoms with E-state index in [4.69, 9.17) is 14.2 Å². The fraction of sp³-hybridized carbons (Fsp3) is 0.650. The number of hydrogen-bond donors (Lipinski definition) is 2. The maximum atomic E-state index is 5.92. The van der Waals surface area contributed by atoms with Crippen LogP contribution < -0.4 is 15.4 Å². The highest BCUT2D eigenvalue weighted by Crippen LogP contribution is 2.14. The number of ether oxygens (including phenoxy) is 3. The predicted molar refractivity (Wildman–Crippen MR) is 109 cm³/mol. The Hall–Kier alpha value is -1.83. The van der Waals surface area contributed by atoms with Gasteiger partial charge in [-0.15, -0.1) is 0 Å². The normalized spacial score (nSPS) is 15.6. The molecule has 1 saturated heterocycles. The van der Waals surface area contributed by atoms with E-state index in [9.17, 15) is 0 Å². The summed E-state index contributed by atoms with van der Waals surface area (Å²) in [4.78, 5) is 7.01. The molecular formula is C20H34N4O3.